The average molecular weight is 545 g/mol. The molecule has 0 unspecified atom stereocenters. The molecule has 3 atom stereocenters. The van der Waals surface area contributed by atoms with Crippen LogP contribution in [0, 0.1) is 0 Å². The zero-order chi connectivity index (χ0) is 26.7. The van der Waals surface area contributed by atoms with E-state index in [0.29, 0.717) is 18.5 Å². The summed E-state index contributed by atoms with van der Waals surface area (Å²) in [4.78, 5) is 27.0. The van der Waals surface area contributed by atoms with Crippen LogP contribution in [0.15, 0.2) is 27.6 Å². The molecule has 16 heteroatoms. The fourth-order valence-corrected chi connectivity index (χ4v) is 3.91. The Kier molecular flexibility index (Phi) is 8.84. The number of nitrogens with two attached hydrogens (primary N) is 1. The summed E-state index contributed by atoms with van der Waals surface area (Å²) in [6.07, 6.45) is -4.73. The second kappa shape index (κ2) is 10.9. The Morgan fingerprint density at radius 2 is 1.94 bits per heavy atom. The topological polar surface area (TPSA) is 157 Å². The minimum absolute atomic E-state index is 0.0383. The second-order valence-electron chi connectivity index (χ2n) is 7.66. The number of likely N-dealkylation sites (tertiary alicyclic amines) is 1. The normalized spacial score (nSPS) is 17.9. The van der Waals surface area contributed by atoms with E-state index in [1.807, 2.05) is 0 Å². The maximum Gasteiger partial charge on any atom is 0.490 e. The molecule has 1 saturated heterocycles. The van der Waals surface area contributed by atoms with E-state index >= 15 is 0 Å². The molecule has 1 aliphatic rings. The van der Waals surface area contributed by atoms with Crippen LogP contribution in [0.5, 0.6) is 0 Å². The van der Waals surface area contributed by atoms with Gasteiger partial charge in [-0.3, -0.25) is 4.79 Å². The summed E-state index contributed by atoms with van der Waals surface area (Å²) in [5.74, 6) is -3.44. The molecule has 2 heterocycles. The third-order valence-electron chi connectivity index (χ3n) is 4.95. The number of nitrogens with zero attached hydrogens (tertiary/aromatic N) is 3. The van der Waals surface area contributed by atoms with Crippen LogP contribution in [-0.4, -0.2) is 78.2 Å². The Morgan fingerprint density at radius 1 is 1.34 bits per heavy atom. The predicted molar refractivity (Wildman–Crippen MR) is 114 cm³/mol. The molecule has 0 radical (unpaired) electrons. The summed E-state index contributed by atoms with van der Waals surface area (Å²) in [5, 5.41) is 11.1. The maximum atomic E-state index is 13.3. The molecular weight excluding hydrogens is 524 g/mol. The van der Waals surface area contributed by atoms with Crippen LogP contribution in [0.2, 0.25) is 5.02 Å². The number of benzene rings is 1. The first-order valence-electron chi connectivity index (χ1n) is 9.84. The summed E-state index contributed by atoms with van der Waals surface area (Å²) in [7, 11) is -3.40. The minimum atomic E-state index is -5.08. The number of carboxylic acid groups (broad SMARTS) is 1. The molecule has 0 bridgehead atoms. The van der Waals surface area contributed by atoms with Crippen LogP contribution >= 0.6 is 11.6 Å². The number of rotatable bonds is 5. The zero-order valence-electron chi connectivity index (χ0n) is 18.3. The summed E-state index contributed by atoms with van der Waals surface area (Å²) >= 11 is 6.16. The van der Waals surface area contributed by atoms with Gasteiger partial charge in [0, 0.05) is 18.4 Å². The molecule has 1 aliphatic heterocycles. The van der Waals surface area contributed by atoms with Crippen molar-refractivity contribution in [1.82, 2.24) is 15.0 Å². The molecule has 194 valence electrons. The quantitative estimate of drug-likeness (QED) is 0.539. The van der Waals surface area contributed by atoms with E-state index < -0.39 is 40.1 Å². The highest BCUT2D eigenvalue weighted by molar-refractivity contribution is 7.90. The van der Waals surface area contributed by atoms with Crippen molar-refractivity contribution >= 4 is 33.3 Å². The molecule has 10 nitrogen and oxygen atoms in total. The van der Waals surface area contributed by atoms with Crippen LogP contribution in [0.3, 0.4) is 0 Å². The lowest BCUT2D eigenvalue weighted by Gasteiger charge is -2.22. The Labute approximate surface area is 201 Å². The van der Waals surface area contributed by atoms with Gasteiger partial charge in [0.1, 0.15) is 6.17 Å². The van der Waals surface area contributed by atoms with Gasteiger partial charge >= 0.3 is 12.1 Å². The number of carbonyl (C=O) groups excluding carboxylic acids is 1. The first kappa shape index (κ1) is 28.5. The van der Waals surface area contributed by atoms with Gasteiger partial charge in [-0.2, -0.15) is 18.2 Å². The smallest absolute Gasteiger partial charge is 0.475 e. The van der Waals surface area contributed by atoms with E-state index in [9.17, 15) is 30.8 Å². The van der Waals surface area contributed by atoms with E-state index in [-0.39, 0.29) is 34.1 Å². The van der Waals surface area contributed by atoms with Crippen molar-refractivity contribution in [2.45, 2.75) is 42.5 Å². The Hall–Kier alpha value is -2.78. The zero-order valence-corrected chi connectivity index (χ0v) is 19.9. The SMILES string of the molecule is C[C@H](c1nc(-c2ccc(S(C)(=O)=O)cc2Cl)no1)[C@H](N)C(=O)N1CC[C@H](F)C1.O=C(O)C(F)(F)F. The number of aromatic nitrogens is 2. The van der Waals surface area contributed by atoms with Gasteiger partial charge in [-0.1, -0.05) is 23.7 Å². The standard InChI is InChI=1S/C17H20ClFN4O4S.C2HF3O2/c1-9(14(20)17(24)23-6-5-10(19)8-23)16-21-15(22-27-16)12-4-3-11(7-13(12)18)28(2,25)26;3-2(4,5)1(6)7/h3-4,7,9-10,14H,5-6,8,20H2,1-2H3;(H,6,7)/t9-,10-,14-;/m0./s1. The molecule has 0 saturated carbocycles. The van der Waals surface area contributed by atoms with Crippen LogP contribution < -0.4 is 5.73 Å². The van der Waals surface area contributed by atoms with E-state index in [0.717, 1.165) is 6.26 Å². The molecule has 35 heavy (non-hydrogen) atoms. The summed E-state index contributed by atoms with van der Waals surface area (Å²) in [6.45, 7) is 2.03. The number of alkyl halides is 4. The Bertz CT molecular complexity index is 1190. The monoisotopic (exact) mass is 544 g/mol. The number of hydrogen-bond acceptors (Lipinski definition) is 8. The predicted octanol–water partition coefficient (Wildman–Crippen LogP) is 2.43. The lowest BCUT2D eigenvalue weighted by Crippen LogP contribution is -2.45. The highest BCUT2D eigenvalue weighted by atomic mass is 35.5. The number of halogens is 5. The van der Waals surface area contributed by atoms with Gasteiger partial charge in [-0.15, -0.1) is 0 Å². The first-order chi connectivity index (χ1) is 16.0. The van der Waals surface area contributed by atoms with E-state index in [1.165, 1.54) is 23.1 Å². The molecule has 3 N–H and O–H groups in total. The van der Waals surface area contributed by atoms with Crippen molar-refractivity contribution in [3.05, 3.63) is 29.1 Å². The molecule has 1 amide bonds. The summed E-state index contributed by atoms with van der Waals surface area (Å²) < 4.78 is 73.5. The van der Waals surface area contributed by atoms with Gasteiger partial charge < -0.3 is 20.3 Å². The second-order valence-corrected chi connectivity index (χ2v) is 10.1. The molecule has 0 spiro atoms. The van der Waals surface area contributed by atoms with Crippen molar-refractivity contribution < 1.29 is 45.2 Å². The molecular formula is C19H21ClF4N4O6S. The van der Waals surface area contributed by atoms with Gasteiger partial charge in [0.25, 0.3) is 0 Å². The Balaban J connectivity index is 0.000000540. The maximum absolute atomic E-state index is 13.3. The number of carbonyl (C=O) groups is 2. The van der Waals surface area contributed by atoms with E-state index in [1.54, 1.807) is 6.92 Å². The van der Waals surface area contributed by atoms with Gasteiger partial charge in [-0.05, 0) is 24.6 Å². The molecule has 3 rings (SSSR count). The van der Waals surface area contributed by atoms with Gasteiger partial charge in [0.15, 0.2) is 9.84 Å². The van der Waals surface area contributed by atoms with Gasteiger partial charge in [0.05, 0.1) is 28.4 Å². The van der Waals surface area contributed by atoms with Crippen LogP contribution in [0.25, 0.3) is 11.4 Å². The van der Waals surface area contributed by atoms with Crippen molar-refractivity contribution in [2.24, 2.45) is 5.73 Å². The number of amides is 1. The van der Waals surface area contributed by atoms with Crippen LogP contribution in [0.4, 0.5) is 17.6 Å². The largest absolute Gasteiger partial charge is 0.490 e. The number of sulfone groups is 1. The van der Waals surface area contributed by atoms with Crippen molar-refractivity contribution in [3.63, 3.8) is 0 Å². The van der Waals surface area contributed by atoms with Crippen molar-refractivity contribution in [3.8, 4) is 11.4 Å². The van der Waals surface area contributed by atoms with Crippen LogP contribution in [-0.2, 0) is 19.4 Å². The van der Waals surface area contributed by atoms with E-state index in [4.69, 9.17) is 31.8 Å². The minimum Gasteiger partial charge on any atom is -0.475 e. The third kappa shape index (κ3) is 7.35. The van der Waals surface area contributed by atoms with Gasteiger partial charge in [-0.25, -0.2) is 17.6 Å². The molecule has 1 fully saturated rings. The third-order valence-corrected chi connectivity index (χ3v) is 6.37. The lowest BCUT2D eigenvalue weighted by molar-refractivity contribution is -0.192. The van der Waals surface area contributed by atoms with Gasteiger partial charge in [0.2, 0.25) is 17.6 Å². The lowest BCUT2D eigenvalue weighted by atomic mass is 10.0. The number of carboxylic acids is 1. The average Bonchev–Trinajstić information content (AvgIpc) is 3.40. The molecule has 0 aliphatic carbocycles. The van der Waals surface area contributed by atoms with Crippen molar-refractivity contribution in [1.29, 1.82) is 0 Å². The Morgan fingerprint density at radius 3 is 2.40 bits per heavy atom. The fourth-order valence-electron chi connectivity index (χ4n) is 2.93. The molecule has 1 aromatic carbocycles. The fraction of sp³-hybridized carbons (Fsp3) is 0.474. The summed E-state index contributed by atoms with van der Waals surface area (Å²) in [5.41, 5.74) is 6.41. The molecule has 1 aromatic heterocycles. The number of aliphatic carboxylic acids is 1. The summed E-state index contributed by atoms with van der Waals surface area (Å²) in [6, 6.07) is 3.23. The van der Waals surface area contributed by atoms with E-state index in [2.05, 4.69) is 10.1 Å². The highest BCUT2D eigenvalue weighted by Crippen LogP contribution is 2.30. The first-order valence-corrected chi connectivity index (χ1v) is 12.1. The number of hydrogen-bond donors (Lipinski definition) is 2. The highest BCUT2D eigenvalue weighted by Gasteiger charge is 2.38. The molecule has 2 aromatic rings. The van der Waals surface area contributed by atoms with Crippen LogP contribution in [0.1, 0.15) is 25.2 Å². The van der Waals surface area contributed by atoms with Crippen molar-refractivity contribution in [2.75, 3.05) is 19.3 Å².